The molecule has 1 heterocycles. The van der Waals surface area contributed by atoms with E-state index in [1.807, 2.05) is 25.1 Å². The first-order chi connectivity index (χ1) is 14.8. The molecular formula is C24H30ClFN2O3. The van der Waals surface area contributed by atoms with Gasteiger partial charge in [0.1, 0.15) is 5.82 Å². The molecule has 1 amide bonds. The number of hydrogen-bond donors (Lipinski definition) is 3. The number of rotatable bonds is 7. The van der Waals surface area contributed by atoms with Crippen LogP contribution in [0, 0.1) is 18.7 Å². The first kappa shape index (κ1) is 23.5. The highest BCUT2D eigenvalue weighted by molar-refractivity contribution is 6.33. The van der Waals surface area contributed by atoms with Gasteiger partial charge in [0.05, 0.1) is 12.7 Å². The number of amides is 1. The minimum absolute atomic E-state index is 0.0359. The van der Waals surface area contributed by atoms with Crippen molar-refractivity contribution in [1.29, 1.82) is 0 Å². The number of piperidine rings is 1. The van der Waals surface area contributed by atoms with Crippen molar-refractivity contribution in [1.82, 2.24) is 10.6 Å². The predicted molar refractivity (Wildman–Crippen MR) is 121 cm³/mol. The molecule has 1 aliphatic heterocycles. The quantitative estimate of drug-likeness (QED) is 0.533. The number of nitrogens with one attached hydrogen (secondary N) is 2. The number of alkyl carbamates (subject to hydrolysis) is 1. The second-order valence-electron chi connectivity index (χ2n) is 8.17. The summed E-state index contributed by atoms with van der Waals surface area (Å²) in [5, 5.41) is 18.6. The van der Waals surface area contributed by atoms with Gasteiger partial charge in [-0.2, -0.15) is 0 Å². The molecule has 0 radical (unpaired) electrons. The third-order valence-electron chi connectivity index (χ3n) is 5.97. The van der Waals surface area contributed by atoms with E-state index < -0.39 is 11.7 Å². The molecule has 3 rings (SSSR count). The predicted octanol–water partition coefficient (Wildman–Crippen LogP) is 4.78. The summed E-state index contributed by atoms with van der Waals surface area (Å²) < 4.78 is 18.8. The lowest BCUT2D eigenvalue weighted by Gasteiger charge is -2.40. The number of halogens is 2. The van der Waals surface area contributed by atoms with Crippen molar-refractivity contribution in [2.24, 2.45) is 5.92 Å². The number of aliphatic hydroxyl groups is 1. The topological polar surface area (TPSA) is 70.6 Å². The Morgan fingerprint density at radius 1 is 1.39 bits per heavy atom. The Morgan fingerprint density at radius 3 is 2.87 bits per heavy atom. The summed E-state index contributed by atoms with van der Waals surface area (Å²) in [7, 11) is 1.32. The van der Waals surface area contributed by atoms with Gasteiger partial charge in [0, 0.05) is 29.6 Å². The average Bonchev–Trinajstić information content (AvgIpc) is 2.76. The molecule has 0 aliphatic carbocycles. The van der Waals surface area contributed by atoms with Crippen LogP contribution in [0.5, 0.6) is 0 Å². The van der Waals surface area contributed by atoms with Crippen LogP contribution >= 0.6 is 11.6 Å². The fraction of sp³-hybridized carbons (Fsp3) is 0.458. The number of methoxy groups -OCH3 is 1. The molecule has 3 N–H and O–H groups in total. The Kier molecular flexibility index (Phi) is 7.92. The molecule has 1 unspecified atom stereocenters. The van der Waals surface area contributed by atoms with Gasteiger partial charge >= 0.3 is 6.09 Å². The van der Waals surface area contributed by atoms with E-state index in [9.17, 15) is 14.3 Å². The van der Waals surface area contributed by atoms with E-state index in [1.54, 1.807) is 6.07 Å². The number of aryl methyl sites for hydroxylation is 1. The molecule has 2 aromatic carbocycles. The second kappa shape index (κ2) is 10.4. The molecular weight excluding hydrogens is 419 g/mol. The number of hydrogen-bond acceptors (Lipinski definition) is 4. The Bertz CT molecular complexity index is 897. The molecule has 0 bridgehead atoms. The highest BCUT2D eigenvalue weighted by Gasteiger charge is 2.40. The van der Waals surface area contributed by atoms with Crippen molar-refractivity contribution in [3.8, 4) is 11.1 Å². The maximum atomic E-state index is 14.2. The van der Waals surface area contributed by atoms with Gasteiger partial charge in [-0.25, -0.2) is 9.18 Å². The standard InChI is InChI=1S/C24H30ClFN2O3/c1-16-12-17(14-19(26)13-16)22-20(7-3-8-21(22)25)24(30,18-6-4-10-27-15-18)9-5-11-28-23(29)31-2/h3,7-8,12-14,18,27,30H,4-6,9-11,15H2,1-2H3,(H,28,29)/t18-,24?/m1/s1. The molecule has 1 fully saturated rings. The molecule has 7 heteroatoms. The lowest BCUT2D eigenvalue weighted by atomic mass is 9.72. The van der Waals surface area contributed by atoms with Crippen LogP contribution in [0.2, 0.25) is 5.02 Å². The minimum Gasteiger partial charge on any atom is -0.453 e. The van der Waals surface area contributed by atoms with Crippen LogP contribution in [-0.2, 0) is 10.3 Å². The van der Waals surface area contributed by atoms with Crippen LogP contribution in [0.15, 0.2) is 36.4 Å². The van der Waals surface area contributed by atoms with Crippen LogP contribution in [0.25, 0.3) is 11.1 Å². The molecule has 1 aliphatic rings. The van der Waals surface area contributed by atoms with E-state index >= 15 is 0 Å². The summed E-state index contributed by atoms with van der Waals surface area (Å²) in [6.07, 6.45) is 2.30. The van der Waals surface area contributed by atoms with E-state index in [-0.39, 0.29) is 11.7 Å². The van der Waals surface area contributed by atoms with Gasteiger partial charge in [-0.3, -0.25) is 0 Å². The van der Waals surface area contributed by atoms with Crippen molar-refractivity contribution >= 4 is 17.7 Å². The first-order valence-corrected chi connectivity index (χ1v) is 11.0. The molecule has 0 spiro atoms. The zero-order valence-electron chi connectivity index (χ0n) is 18.0. The van der Waals surface area contributed by atoms with Crippen molar-refractivity contribution < 1.29 is 19.0 Å². The lowest BCUT2D eigenvalue weighted by molar-refractivity contribution is -0.0415. The van der Waals surface area contributed by atoms with Gasteiger partial charge in [-0.15, -0.1) is 0 Å². The third kappa shape index (κ3) is 5.56. The van der Waals surface area contributed by atoms with E-state index in [2.05, 4.69) is 15.4 Å². The average molecular weight is 449 g/mol. The summed E-state index contributed by atoms with van der Waals surface area (Å²) in [6, 6.07) is 10.3. The van der Waals surface area contributed by atoms with Crippen molar-refractivity contribution in [3.05, 3.63) is 58.4 Å². The molecule has 2 aromatic rings. The van der Waals surface area contributed by atoms with Gasteiger partial charge in [0.25, 0.3) is 0 Å². The Balaban J connectivity index is 2.02. The van der Waals surface area contributed by atoms with Crippen molar-refractivity contribution in [2.45, 2.75) is 38.2 Å². The fourth-order valence-corrected chi connectivity index (χ4v) is 4.78. The SMILES string of the molecule is COC(=O)NCCCC(O)(c1cccc(Cl)c1-c1cc(C)cc(F)c1)[C@@H]1CCCNC1. The second-order valence-corrected chi connectivity index (χ2v) is 8.58. The van der Waals surface area contributed by atoms with Gasteiger partial charge in [0.2, 0.25) is 0 Å². The Hall–Kier alpha value is -2.15. The number of carbonyl (C=O) groups excluding carboxylic acids is 1. The van der Waals surface area contributed by atoms with Crippen LogP contribution in [0.1, 0.15) is 36.8 Å². The van der Waals surface area contributed by atoms with Gasteiger partial charge < -0.3 is 20.5 Å². The third-order valence-corrected chi connectivity index (χ3v) is 6.29. The summed E-state index contributed by atoms with van der Waals surface area (Å²) in [5.41, 5.74) is 1.59. The molecule has 1 saturated heterocycles. The van der Waals surface area contributed by atoms with Crippen LogP contribution < -0.4 is 10.6 Å². The number of carbonyl (C=O) groups is 1. The van der Waals surface area contributed by atoms with E-state index in [0.29, 0.717) is 47.6 Å². The number of benzene rings is 2. The maximum Gasteiger partial charge on any atom is 0.406 e. The fourth-order valence-electron chi connectivity index (χ4n) is 4.50. The van der Waals surface area contributed by atoms with Crippen LogP contribution in [0.4, 0.5) is 9.18 Å². The Morgan fingerprint density at radius 2 is 2.19 bits per heavy atom. The summed E-state index contributed by atoms with van der Waals surface area (Å²) in [5.74, 6) is -0.378. The van der Waals surface area contributed by atoms with Crippen molar-refractivity contribution in [2.75, 3.05) is 26.7 Å². The monoisotopic (exact) mass is 448 g/mol. The molecule has 31 heavy (non-hydrogen) atoms. The lowest BCUT2D eigenvalue weighted by Crippen LogP contribution is -2.45. The van der Waals surface area contributed by atoms with Gasteiger partial charge in [0.15, 0.2) is 0 Å². The number of ether oxygens (including phenoxy) is 1. The zero-order valence-corrected chi connectivity index (χ0v) is 18.8. The highest BCUT2D eigenvalue weighted by atomic mass is 35.5. The van der Waals surface area contributed by atoms with Gasteiger partial charge in [-0.05, 0) is 74.0 Å². The normalized spacial score (nSPS) is 18.3. The molecule has 0 aromatic heterocycles. The Labute approximate surface area is 187 Å². The van der Waals surface area contributed by atoms with E-state index in [4.69, 9.17) is 11.6 Å². The highest BCUT2D eigenvalue weighted by Crippen LogP contribution is 2.45. The summed E-state index contributed by atoms with van der Waals surface area (Å²) in [6.45, 7) is 3.81. The molecule has 0 saturated carbocycles. The van der Waals surface area contributed by atoms with Crippen LogP contribution in [0.3, 0.4) is 0 Å². The van der Waals surface area contributed by atoms with Crippen LogP contribution in [-0.4, -0.2) is 37.9 Å². The zero-order chi connectivity index (χ0) is 22.4. The smallest absolute Gasteiger partial charge is 0.406 e. The molecule has 168 valence electrons. The van der Waals surface area contributed by atoms with E-state index in [0.717, 1.165) is 24.9 Å². The maximum absolute atomic E-state index is 14.2. The largest absolute Gasteiger partial charge is 0.453 e. The molecule has 5 nitrogen and oxygen atoms in total. The van der Waals surface area contributed by atoms with Gasteiger partial charge in [-0.1, -0.05) is 29.8 Å². The molecule has 2 atom stereocenters. The summed E-state index contributed by atoms with van der Waals surface area (Å²) in [4.78, 5) is 11.4. The summed E-state index contributed by atoms with van der Waals surface area (Å²) >= 11 is 6.61. The van der Waals surface area contributed by atoms with E-state index in [1.165, 1.54) is 19.2 Å². The first-order valence-electron chi connectivity index (χ1n) is 10.7. The van der Waals surface area contributed by atoms with Crippen molar-refractivity contribution in [3.63, 3.8) is 0 Å². The minimum atomic E-state index is -1.19.